The van der Waals surface area contributed by atoms with Gasteiger partial charge in [-0.2, -0.15) is 34.9 Å². The van der Waals surface area contributed by atoms with Crippen LogP contribution < -0.4 is 108 Å². The van der Waals surface area contributed by atoms with E-state index in [0.29, 0.717) is 89.6 Å². The van der Waals surface area contributed by atoms with Crippen molar-refractivity contribution in [3.63, 3.8) is 0 Å². The van der Waals surface area contributed by atoms with Crippen molar-refractivity contribution in [2.75, 3.05) is 190 Å². The van der Waals surface area contributed by atoms with Gasteiger partial charge in [-0.3, -0.25) is 13.7 Å². The minimum absolute atomic E-state index is 0.369. The first-order valence-electron chi connectivity index (χ1n) is 52.5. The summed E-state index contributed by atoms with van der Waals surface area (Å²) < 4.78 is 5.34. The predicted molar refractivity (Wildman–Crippen MR) is 566 cm³/mol. The lowest BCUT2D eigenvalue weighted by molar-refractivity contribution is 0.372. The molecule has 10 aliphatic carbocycles. The summed E-state index contributed by atoms with van der Waals surface area (Å²) in [5, 5.41) is 109. The quantitative estimate of drug-likeness (QED) is 0.0199. The average molecular weight is 1970 g/mol. The lowest BCUT2D eigenvalue weighted by Crippen LogP contribution is -2.24. The van der Waals surface area contributed by atoms with Gasteiger partial charge >= 0.3 is 0 Å². The van der Waals surface area contributed by atoms with Gasteiger partial charge < -0.3 is 108 Å². The average Bonchev–Trinajstić information content (AvgIpc) is 1.73. The molecule has 10 aliphatic rings. The van der Waals surface area contributed by atoms with E-state index in [-0.39, 0.29) is 0 Å². The number of rotatable bonds is 30. The molecule has 31 N–H and O–H groups in total. The second-order valence-electron chi connectivity index (χ2n) is 39.5. The van der Waals surface area contributed by atoms with Crippen LogP contribution in [0.25, 0.3) is 0 Å². The van der Waals surface area contributed by atoms with Crippen molar-refractivity contribution in [1.82, 2.24) is 151 Å². The molecule has 0 bridgehead atoms. The molecule has 20 rings (SSSR count). The minimum atomic E-state index is 0.369. The summed E-state index contributed by atoms with van der Waals surface area (Å²) in [6, 6.07) is 2.22. The first-order chi connectivity index (χ1) is 68.6. The Balaban J connectivity index is 0.000000150. The van der Waals surface area contributed by atoms with Gasteiger partial charge in [-0.15, -0.1) is 66.3 Å². The molecular formula is C91H172N50. The summed E-state index contributed by atoms with van der Waals surface area (Å²) in [4.78, 5) is 32.9. The van der Waals surface area contributed by atoms with Gasteiger partial charge in [0.1, 0.15) is 0 Å². The van der Waals surface area contributed by atoms with E-state index in [1.54, 1.807) is 13.7 Å². The summed E-state index contributed by atoms with van der Waals surface area (Å²) >= 11 is 0. The number of H-pyrrole nitrogens is 7. The zero-order valence-electron chi connectivity index (χ0n) is 85.7. The van der Waals surface area contributed by atoms with Crippen molar-refractivity contribution in [1.29, 1.82) is 0 Å². The van der Waals surface area contributed by atoms with Crippen LogP contribution in [0, 0.1) is 35.5 Å². The Morgan fingerprint density at radius 2 is 0.496 bits per heavy atom. The highest BCUT2D eigenvalue weighted by Crippen LogP contribution is 2.32. The number of nitrogens with two attached hydrogens (primary N) is 6. The molecule has 50 heteroatoms. The third-order valence-corrected chi connectivity index (χ3v) is 27.8. The summed E-state index contributed by atoms with van der Waals surface area (Å²) in [6.07, 6.45) is 61.1. The van der Waals surface area contributed by atoms with Gasteiger partial charge in [0.05, 0.1) is 0 Å². The third-order valence-electron chi connectivity index (χ3n) is 27.8. The molecule has 786 valence electrons. The number of nitrogens with zero attached hydrogens (tertiary/aromatic N) is 25. The monoisotopic (exact) mass is 1970 g/mol. The standard InChI is InChI=1S/3C10H19N5.5C9H17N5.2C8H15N5/c1-15(2)10-12-9(13-14-10)11-7-8-5-3-4-6-8;1-15(2)10-12-9(13-14-10)11-8-6-4-3-5-7-8;1-15-9(11)13-14-10(15)12-7-8-5-3-2-4-6-8;1-14-8(10)12-13-9(14)11-6-7-4-2-3-5-7;1-10-8-12-9(14-13-8)11-6-7-4-2-3-5-7;1-14-8(10)12-13-9(14)11-7-5-3-2-4-6-7;1-10-8-12-9(14-13-8)11-7-5-3-2-4-6-7;10-8-12-9(14-13-8)11-6-7-4-2-1-3-5-7;9-7-11-8(13-12-7)10-5-6-3-1-2-4-6;9-7-11-8(13-12-7)10-6-4-2-1-3-5-6/h2*8H,3-7H2,1-2H3,(H2,11,12,13,14);8H,2-7H2,1H3,(H2,11,13)(H,12,14);7H,2-6H2,1H3,(H2,10,12)(H,11,13);7H,2-6H2,1H3,(H3,10,11,12,13,14);7H,2-6H2,1H3,(H2,10,12)(H,11,13);7H,2-6H2,1H3,(H3,10,11,12,13,14);7H,1-6H2,(H4,10,11,12,13,14);2*6H,1-5H2,(H4,9,10,11,12,13). The Labute approximate surface area is 831 Å². The summed E-state index contributed by atoms with van der Waals surface area (Å²) in [6.45, 7) is 5.95. The Morgan fingerprint density at radius 3 is 0.801 bits per heavy atom. The van der Waals surface area contributed by atoms with E-state index in [4.69, 9.17) is 34.4 Å². The van der Waals surface area contributed by atoms with Crippen molar-refractivity contribution < 1.29 is 0 Å². The number of anilines is 20. The minimum Gasteiger partial charge on any atom is -0.368 e. The zero-order valence-corrected chi connectivity index (χ0v) is 85.7. The largest absolute Gasteiger partial charge is 0.368 e. The molecule has 50 nitrogen and oxygen atoms in total. The second-order valence-corrected chi connectivity index (χ2v) is 39.5. The summed E-state index contributed by atoms with van der Waals surface area (Å²) in [5.41, 5.74) is 33.0. The van der Waals surface area contributed by atoms with Crippen LogP contribution in [0.2, 0.25) is 0 Å². The highest BCUT2D eigenvalue weighted by Gasteiger charge is 2.25. The fourth-order valence-electron chi connectivity index (χ4n) is 19.2. The van der Waals surface area contributed by atoms with Gasteiger partial charge in [0, 0.05) is 127 Å². The van der Waals surface area contributed by atoms with Crippen molar-refractivity contribution in [2.45, 2.75) is 320 Å². The van der Waals surface area contributed by atoms with Crippen LogP contribution in [-0.2, 0) is 21.1 Å². The van der Waals surface area contributed by atoms with Crippen molar-refractivity contribution in [3.05, 3.63) is 0 Å². The molecule has 0 spiro atoms. The number of nitrogen functional groups attached to an aromatic ring is 6. The van der Waals surface area contributed by atoms with Gasteiger partial charge in [0.2, 0.25) is 119 Å². The van der Waals surface area contributed by atoms with E-state index in [1.165, 1.54) is 295 Å². The molecule has 10 fully saturated rings. The Hall–Kier alpha value is -12.6. The zero-order chi connectivity index (χ0) is 99.6. The summed E-state index contributed by atoms with van der Waals surface area (Å²) in [7, 11) is 17.0. The SMILES string of the molecule is CN(C)c1n[nH]c(NC2CCCCC2)n1.CN(C)c1n[nH]c(NCC2CCCC2)n1.CNc1n[nH]c(NC2CCCCC2)n1.CNc1n[nH]c(NCC2CCCC2)n1.Cn1c(N)nnc1NC1CCCCC1.Cn1c(N)nnc1NCC1CCCC1.Cn1c(N)nnc1NCC1CCCCC1.Nc1nc(NC2CCCCC2)n[nH]1.Nc1nc(NCC2CCCC2)n[nH]1.Nc1nc(NCC2CCCCC2)n[nH]1. The van der Waals surface area contributed by atoms with Crippen LogP contribution in [0.4, 0.5) is 119 Å². The van der Waals surface area contributed by atoms with E-state index < -0.39 is 0 Å². The second kappa shape index (κ2) is 60.5. The fraction of sp³-hybridized carbons (Fsp3) is 0.780. The maximum atomic E-state index is 5.60. The normalized spacial score (nSPS) is 17.9. The van der Waals surface area contributed by atoms with Crippen LogP contribution in [0.3, 0.4) is 0 Å². The topological polar surface area (TPSA) is 690 Å². The van der Waals surface area contributed by atoms with E-state index in [0.717, 1.165) is 128 Å². The van der Waals surface area contributed by atoms with Crippen molar-refractivity contribution in [3.8, 4) is 0 Å². The van der Waals surface area contributed by atoms with Crippen LogP contribution >= 0.6 is 0 Å². The van der Waals surface area contributed by atoms with Crippen LogP contribution in [0.1, 0.15) is 295 Å². The molecule has 0 radical (unpaired) electrons. The van der Waals surface area contributed by atoms with Gasteiger partial charge in [-0.05, 0) is 164 Å². The molecule has 10 heterocycles. The third kappa shape index (κ3) is 40.1. The maximum absolute atomic E-state index is 5.60. The molecule has 141 heavy (non-hydrogen) atoms. The van der Waals surface area contributed by atoms with E-state index in [1.807, 2.05) is 73.2 Å². The van der Waals surface area contributed by atoms with Crippen LogP contribution in [0.5, 0.6) is 0 Å². The highest BCUT2D eigenvalue weighted by atomic mass is 15.4. The lowest BCUT2D eigenvalue weighted by Gasteiger charge is -2.22. The van der Waals surface area contributed by atoms with Gasteiger partial charge in [-0.1, -0.05) is 167 Å². The van der Waals surface area contributed by atoms with E-state index >= 15 is 0 Å². The smallest absolute Gasteiger partial charge is 0.245 e. The summed E-state index contributed by atoms with van der Waals surface area (Å²) in [5.74, 6) is 17.3. The number of hydrogen-bond acceptors (Lipinski definition) is 40. The Morgan fingerprint density at radius 1 is 0.248 bits per heavy atom. The molecule has 0 atom stereocenters. The first-order valence-corrected chi connectivity index (χ1v) is 52.5. The number of aromatic amines is 7. The molecular weight excluding hydrogens is 1790 g/mol. The van der Waals surface area contributed by atoms with Gasteiger partial charge in [0.25, 0.3) is 0 Å². The van der Waals surface area contributed by atoms with Crippen LogP contribution in [-0.4, -0.2) is 256 Å². The molecule has 0 saturated heterocycles. The predicted octanol–water partition coefficient (Wildman–Crippen LogP) is 13.2. The van der Waals surface area contributed by atoms with Gasteiger partial charge in [0.15, 0.2) is 0 Å². The lowest BCUT2D eigenvalue weighted by atomic mass is 9.89. The molecule has 10 aromatic rings. The number of hydrogen-bond donors (Lipinski definition) is 25. The van der Waals surface area contributed by atoms with E-state index in [2.05, 4.69) is 201 Å². The molecule has 0 aliphatic heterocycles. The molecule has 0 unspecified atom stereocenters. The molecule has 0 aromatic carbocycles. The Bertz CT molecular complexity index is 4860. The fourth-order valence-corrected chi connectivity index (χ4v) is 19.2. The van der Waals surface area contributed by atoms with Crippen LogP contribution in [0.15, 0.2) is 0 Å². The van der Waals surface area contributed by atoms with Crippen molar-refractivity contribution >= 4 is 119 Å². The Kier molecular flexibility index (Phi) is 46.7. The molecule has 10 saturated carbocycles. The highest BCUT2D eigenvalue weighted by molar-refractivity contribution is 5.40. The van der Waals surface area contributed by atoms with E-state index in [9.17, 15) is 0 Å². The first kappa shape index (κ1) is 109. The number of nitrogens with one attached hydrogen (secondary N) is 19. The molecule has 0 amide bonds. The van der Waals surface area contributed by atoms with Crippen molar-refractivity contribution in [2.24, 2.45) is 56.7 Å². The number of aromatic nitrogens is 30. The molecule has 10 aromatic heterocycles. The van der Waals surface area contributed by atoms with Gasteiger partial charge in [-0.25, -0.2) is 35.7 Å². The maximum Gasteiger partial charge on any atom is 0.245 e.